The highest BCUT2D eigenvalue weighted by atomic mass is 35.5. The quantitative estimate of drug-likeness (QED) is 0.796. The minimum atomic E-state index is -0.386. The molecule has 1 aromatic carbocycles. The van der Waals surface area contributed by atoms with E-state index in [0.29, 0.717) is 17.1 Å². The maximum atomic E-state index is 12.8. The number of carbonyl (C=O) groups excluding carboxylic acids is 1. The predicted molar refractivity (Wildman–Crippen MR) is 53.1 cm³/mol. The second-order valence-corrected chi connectivity index (χ2v) is 3.68. The fourth-order valence-electron chi connectivity index (χ4n) is 1.46. The van der Waals surface area contributed by atoms with Gasteiger partial charge in [-0.3, -0.25) is 4.79 Å². The molecule has 5 heteroatoms. The second kappa shape index (κ2) is 4.16. The zero-order valence-corrected chi connectivity index (χ0v) is 8.55. The number of morpholine rings is 1. The van der Waals surface area contributed by atoms with Crippen LogP contribution in [0.4, 0.5) is 4.39 Å². The number of hydrogen-bond donors (Lipinski definition) is 1. The van der Waals surface area contributed by atoms with Gasteiger partial charge in [0.15, 0.2) is 0 Å². The fourth-order valence-corrected chi connectivity index (χ4v) is 1.74. The van der Waals surface area contributed by atoms with Crippen molar-refractivity contribution >= 4 is 17.5 Å². The average Bonchev–Trinajstić information content (AvgIpc) is 2.20. The van der Waals surface area contributed by atoms with Crippen LogP contribution < -0.4 is 5.32 Å². The number of rotatable bonds is 1. The van der Waals surface area contributed by atoms with E-state index in [4.69, 9.17) is 16.3 Å². The number of halogens is 2. The summed E-state index contributed by atoms with van der Waals surface area (Å²) in [5.41, 5.74) is 0.693. The first-order chi connectivity index (χ1) is 7.16. The van der Waals surface area contributed by atoms with E-state index >= 15 is 0 Å². The number of amides is 1. The van der Waals surface area contributed by atoms with Crippen molar-refractivity contribution in [1.82, 2.24) is 5.32 Å². The summed E-state index contributed by atoms with van der Waals surface area (Å²) in [6.45, 7) is 0.378. The molecule has 1 saturated heterocycles. The minimum Gasteiger partial charge on any atom is -0.362 e. The molecule has 1 unspecified atom stereocenters. The molecule has 1 aromatic rings. The predicted octanol–water partition coefficient (Wildman–Crippen LogP) is 1.67. The lowest BCUT2D eigenvalue weighted by Gasteiger charge is -2.24. The van der Waals surface area contributed by atoms with E-state index in [-0.39, 0.29) is 24.4 Å². The van der Waals surface area contributed by atoms with Gasteiger partial charge in [-0.1, -0.05) is 17.7 Å². The third-order valence-corrected chi connectivity index (χ3v) is 2.54. The lowest BCUT2D eigenvalue weighted by atomic mass is 10.1. The van der Waals surface area contributed by atoms with Crippen LogP contribution in [0.15, 0.2) is 18.2 Å². The van der Waals surface area contributed by atoms with Crippen molar-refractivity contribution in [1.29, 1.82) is 0 Å². The number of hydrogen-bond acceptors (Lipinski definition) is 2. The van der Waals surface area contributed by atoms with Crippen molar-refractivity contribution in [3.05, 3.63) is 34.6 Å². The Morgan fingerprint density at radius 1 is 1.53 bits per heavy atom. The molecule has 1 aliphatic heterocycles. The zero-order chi connectivity index (χ0) is 10.8. The summed E-state index contributed by atoms with van der Waals surface area (Å²) in [4.78, 5) is 10.8. The summed E-state index contributed by atoms with van der Waals surface area (Å²) < 4.78 is 18.1. The van der Waals surface area contributed by atoms with E-state index in [1.165, 1.54) is 12.1 Å². The third-order valence-electron chi connectivity index (χ3n) is 2.21. The SMILES string of the molecule is O=C1COC(c2ccc(F)cc2Cl)CN1. The van der Waals surface area contributed by atoms with Gasteiger partial charge in [-0.15, -0.1) is 0 Å². The van der Waals surface area contributed by atoms with Crippen LogP contribution in [0.3, 0.4) is 0 Å². The maximum absolute atomic E-state index is 12.8. The average molecular weight is 230 g/mol. The van der Waals surface area contributed by atoms with Gasteiger partial charge in [-0.25, -0.2) is 4.39 Å². The van der Waals surface area contributed by atoms with Crippen LogP contribution in [-0.2, 0) is 9.53 Å². The van der Waals surface area contributed by atoms with Crippen LogP contribution in [0.2, 0.25) is 5.02 Å². The van der Waals surface area contributed by atoms with Crippen molar-refractivity contribution in [2.24, 2.45) is 0 Å². The summed E-state index contributed by atoms with van der Waals surface area (Å²) in [5, 5.41) is 2.97. The Bertz CT molecular complexity index is 387. The molecule has 0 aliphatic carbocycles. The van der Waals surface area contributed by atoms with Gasteiger partial charge in [0.05, 0.1) is 0 Å². The second-order valence-electron chi connectivity index (χ2n) is 3.27. The van der Waals surface area contributed by atoms with Gasteiger partial charge < -0.3 is 10.1 Å². The van der Waals surface area contributed by atoms with Crippen molar-refractivity contribution < 1.29 is 13.9 Å². The molecule has 0 bridgehead atoms. The van der Waals surface area contributed by atoms with Crippen molar-refractivity contribution in [3.63, 3.8) is 0 Å². The van der Waals surface area contributed by atoms with Crippen molar-refractivity contribution in [2.75, 3.05) is 13.2 Å². The maximum Gasteiger partial charge on any atom is 0.246 e. The first-order valence-electron chi connectivity index (χ1n) is 4.50. The van der Waals surface area contributed by atoms with E-state index < -0.39 is 0 Å². The fraction of sp³-hybridized carbons (Fsp3) is 0.300. The van der Waals surface area contributed by atoms with Gasteiger partial charge in [0.1, 0.15) is 18.5 Å². The van der Waals surface area contributed by atoms with E-state index in [1.807, 2.05) is 0 Å². The number of nitrogens with one attached hydrogen (secondary N) is 1. The van der Waals surface area contributed by atoms with Crippen LogP contribution in [0.1, 0.15) is 11.7 Å². The van der Waals surface area contributed by atoms with Crippen molar-refractivity contribution in [3.8, 4) is 0 Å². The third kappa shape index (κ3) is 2.27. The van der Waals surface area contributed by atoms with E-state index in [0.717, 1.165) is 0 Å². The summed E-state index contributed by atoms with van der Waals surface area (Å²) in [5.74, 6) is -0.534. The molecule has 2 rings (SSSR count). The highest BCUT2D eigenvalue weighted by molar-refractivity contribution is 6.31. The molecule has 1 aliphatic rings. The smallest absolute Gasteiger partial charge is 0.246 e. The Labute approximate surface area is 91.2 Å². The molecule has 0 saturated carbocycles. The number of carbonyl (C=O) groups is 1. The summed E-state index contributed by atoms with van der Waals surface area (Å²) >= 11 is 5.87. The van der Waals surface area contributed by atoms with Crippen LogP contribution >= 0.6 is 11.6 Å². The van der Waals surface area contributed by atoms with Crippen LogP contribution in [-0.4, -0.2) is 19.1 Å². The molecule has 1 atom stereocenters. The first kappa shape index (κ1) is 10.4. The van der Waals surface area contributed by atoms with Crippen LogP contribution in [0.5, 0.6) is 0 Å². The molecule has 3 nitrogen and oxygen atoms in total. The van der Waals surface area contributed by atoms with Gasteiger partial charge in [0.2, 0.25) is 5.91 Å². The van der Waals surface area contributed by atoms with Gasteiger partial charge in [0.25, 0.3) is 0 Å². The highest BCUT2D eigenvalue weighted by Gasteiger charge is 2.22. The monoisotopic (exact) mass is 229 g/mol. The van der Waals surface area contributed by atoms with Crippen molar-refractivity contribution in [2.45, 2.75) is 6.10 Å². The summed E-state index contributed by atoms with van der Waals surface area (Å²) in [6.07, 6.45) is -0.296. The molecule has 1 amide bonds. The molecule has 0 aromatic heterocycles. The number of benzene rings is 1. The molecule has 80 valence electrons. The molecule has 1 N–H and O–H groups in total. The molecular weight excluding hydrogens is 221 g/mol. The molecular formula is C10H9ClFNO2. The Morgan fingerprint density at radius 2 is 2.33 bits per heavy atom. The summed E-state index contributed by atoms with van der Waals surface area (Å²) in [6, 6.07) is 4.12. The van der Waals surface area contributed by atoms with Crippen LogP contribution in [0.25, 0.3) is 0 Å². The normalized spacial score (nSPS) is 21.2. The largest absolute Gasteiger partial charge is 0.362 e. The van der Waals surface area contributed by atoms with Gasteiger partial charge in [-0.2, -0.15) is 0 Å². The molecule has 1 heterocycles. The lowest BCUT2D eigenvalue weighted by molar-refractivity contribution is -0.133. The Kier molecular flexibility index (Phi) is 2.88. The topological polar surface area (TPSA) is 38.3 Å². The Balaban J connectivity index is 2.19. The Morgan fingerprint density at radius 3 is 2.93 bits per heavy atom. The molecule has 1 fully saturated rings. The zero-order valence-electron chi connectivity index (χ0n) is 7.80. The van der Waals surface area contributed by atoms with E-state index in [9.17, 15) is 9.18 Å². The Hall–Kier alpha value is -1.13. The van der Waals surface area contributed by atoms with Gasteiger partial charge >= 0.3 is 0 Å². The molecule has 0 spiro atoms. The number of ether oxygens (including phenoxy) is 1. The highest BCUT2D eigenvalue weighted by Crippen LogP contribution is 2.27. The lowest BCUT2D eigenvalue weighted by Crippen LogP contribution is -2.38. The molecule has 15 heavy (non-hydrogen) atoms. The summed E-state index contributed by atoms with van der Waals surface area (Å²) in [7, 11) is 0. The van der Waals surface area contributed by atoms with E-state index in [2.05, 4.69) is 5.32 Å². The molecule has 0 radical (unpaired) electrons. The van der Waals surface area contributed by atoms with Crippen LogP contribution in [0, 0.1) is 5.82 Å². The first-order valence-corrected chi connectivity index (χ1v) is 4.88. The van der Waals surface area contributed by atoms with Gasteiger partial charge in [0, 0.05) is 17.1 Å². The van der Waals surface area contributed by atoms with Gasteiger partial charge in [-0.05, 0) is 12.1 Å². The van der Waals surface area contributed by atoms with E-state index in [1.54, 1.807) is 6.07 Å². The standard InChI is InChI=1S/C10H9ClFNO2/c11-8-3-6(12)1-2-7(8)9-4-13-10(14)5-15-9/h1-3,9H,4-5H2,(H,13,14). The minimum absolute atomic E-state index is 0.0123.